The van der Waals surface area contributed by atoms with Crippen molar-refractivity contribution in [2.24, 2.45) is 0 Å². The van der Waals surface area contributed by atoms with Crippen LogP contribution < -0.4 is 15.0 Å². The van der Waals surface area contributed by atoms with E-state index in [2.05, 4.69) is 10.2 Å². The number of ether oxygens (including phenoxy) is 2. The molecule has 6 heteroatoms. The van der Waals surface area contributed by atoms with Crippen molar-refractivity contribution in [2.45, 2.75) is 0 Å². The maximum absolute atomic E-state index is 12.5. The Morgan fingerprint density at radius 1 is 0.839 bits per heavy atom. The third-order valence-electron chi connectivity index (χ3n) is 5.05. The molecule has 1 heterocycles. The number of morpholine rings is 1. The van der Waals surface area contributed by atoms with E-state index in [0.717, 1.165) is 24.5 Å². The number of ketones is 1. The molecule has 1 aliphatic heterocycles. The van der Waals surface area contributed by atoms with Crippen LogP contribution in [0.1, 0.15) is 15.9 Å². The molecule has 0 aliphatic carbocycles. The standard InChI is InChI=1S/C25H24N2O4/c28-24(26-22-8-4-5-9-23(22)27-14-16-30-17-15-27)18-31-21-12-10-20(11-13-21)25(29)19-6-2-1-3-7-19/h1-13H,14-18H2,(H,26,28). The first kappa shape index (κ1) is 20.6. The molecule has 0 spiro atoms. The molecular formula is C25H24N2O4. The van der Waals surface area contributed by atoms with Gasteiger partial charge in [0.05, 0.1) is 24.6 Å². The molecule has 4 rings (SSSR count). The van der Waals surface area contributed by atoms with Crippen molar-refractivity contribution >= 4 is 23.1 Å². The third kappa shape index (κ3) is 5.29. The van der Waals surface area contributed by atoms with E-state index in [1.54, 1.807) is 36.4 Å². The van der Waals surface area contributed by atoms with Crippen LogP contribution in [0, 0.1) is 0 Å². The van der Waals surface area contributed by atoms with E-state index in [9.17, 15) is 9.59 Å². The topological polar surface area (TPSA) is 67.9 Å². The molecule has 0 saturated carbocycles. The van der Waals surface area contributed by atoms with Crippen LogP contribution in [0.4, 0.5) is 11.4 Å². The van der Waals surface area contributed by atoms with Crippen LogP contribution in [0.15, 0.2) is 78.9 Å². The molecule has 0 aromatic heterocycles. The summed E-state index contributed by atoms with van der Waals surface area (Å²) >= 11 is 0. The van der Waals surface area contributed by atoms with Crippen molar-refractivity contribution in [3.05, 3.63) is 90.0 Å². The lowest BCUT2D eigenvalue weighted by Crippen LogP contribution is -2.36. The number of hydrogen-bond acceptors (Lipinski definition) is 5. The minimum atomic E-state index is -0.245. The van der Waals surface area contributed by atoms with Gasteiger partial charge in [0.1, 0.15) is 5.75 Å². The van der Waals surface area contributed by atoms with Crippen LogP contribution in [0.2, 0.25) is 0 Å². The highest BCUT2D eigenvalue weighted by atomic mass is 16.5. The molecule has 0 unspecified atom stereocenters. The summed E-state index contributed by atoms with van der Waals surface area (Å²) in [7, 11) is 0. The first-order valence-corrected chi connectivity index (χ1v) is 10.2. The van der Waals surface area contributed by atoms with E-state index in [1.165, 1.54) is 0 Å². The predicted molar refractivity (Wildman–Crippen MR) is 120 cm³/mol. The molecule has 158 valence electrons. The molecule has 1 amide bonds. The van der Waals surface area contributed by atoms with Gasteiger partial charge in [0.2, 0.25) is 0 Å². The number of carbonyl (C=O) groups excluding carboxylic acids is 2. The van der Waals surface area contributed by atoms with Gasteiger partial charge in [-0.2, -0.15) is 0 Å². The van der Waals surface area contributed by atoms with Crippen LogP contribution >= 0.6 is 0 Å². The van der Waals surface area contributed by atoms with Crippen molar-refractivity contribution in [3.8, 4) is 5.75 Å². The zero-order valence-corrected chi connectivity index (χ0v) is 17.1. The Bertz CT molecular complexity index is 1030. The van der Waals surface area contributed by atoms with Gasteiger partial charge in [-0.15, -0.1) is 0 Å². The van der Waals surface area contributed by atoms with Crippen molar-refractivity contribution in [2.75, 3.05) is 43.1 Å². The Labute approximate surface area is 181 Å². The van der Waals surface area contributed by atoms with Gasteiger partial charge in [-0.05, 0) is 36.4 Å². The third-order valence-corrected chi connectivity index (χ3v) is 5.05. The molecule has 3 aromatic rings. The summed E-state index contributed by atoms with van der Waals surface area (Å²) in [6.07, 6.45) is 0. The molecule has 1 aliphatic rings. The Kier molecular flexibility index (Phi) is 6.59. The zero-order chi connectivity index (χ0) is 21.5. The van der Waals surface area contributed by atoms with Gasteiger partial charge >= 0.3 is 0 Å². The molecule has 3 aromatic carbocycles. The molecule has 0 atom stereocenters. The summed E-state index contributed by atoms with van der Waals surface area (Å²) in [5, 5.41) is 2.93. The molecule has 1 N–H and O–H groups in total. The van der Waals surface area contributed by atoms with Crippen molar-refractivity contribution < 1.29 is 19.1 Å². The maximum Gasteiger partial charge on any atom is 0.262 e. The Hall–Kier alpha value is -3.64. The van der Waals surface area contributed by atoms with Gasteiger partial charge < -0.3 is 19.7 Å². The number of benzene rings is 3. The molecule has 1 fully saturated rings. The lowest BCUT2D eigenvalue weighted by molar-refractivity contribution is -0.118. The minimum Gasteiger partial charge on any atom is -0.484 e. The summed E-state index contributed by atoms with van der Waals surface area (Å²) in [5.41, 5.74) is 2.93. The van der Waals surface area contributed by atoms with Crippen molar-refractivity contribution in [1.82, 2.24) is 0 Å². The Morgan fingerprint density at radius 3 is 2.23 bits per heavy atom. The van der Waals surface area contributed by atoms with E-state index in [-0.39, 0.29) is 18.3 Å². The second kappa shape index (κ2) is 9.91. The smallest absolute Gasteiger partial charge is 0.262 e. The number of anilines is 2. The van der Waals surface area contributed by atoms with Gasteiger partial charge in [-0.1, -0.05) is 42.5 Å². The van der Waals surface area contributed by atoms with Gasteiger partial charge in [0.15, 0.2) is 12.4 Å². The van der Waals surface area contributed by atoms with Gasteiger partial charge in [0.25, 0.3) is 5.91 Å². The lowest BCUT2D eigenvalue weighted by atomic mass is 10.0. The van der Waals surface area contributed by atoms with Crippen LogP contribution in [0.3, 0.4) is 0 Å². The van der Waals surface area contributed by atoms with Crippen LogP contribution in [0.25, 0.3) is 0 Å². The van der Waals surface area contributed by atoms with Crippen LogP contribution in [0.5, 0.6) is 5.75 Å². The van der Waals surface area contributed by atoms with Crippen LogP contribution in [-0.2, 0) is 9.53 Å². The second-order valence-corrected chi connectivity index (χ2v) is 7.17. The Morgan fingerprint density at radius 2 is 1.48 bits per heavy atom. The first-order valence-electron chi connectivity index (χ1n) is 10.2. The fourth-order valence-corrected chi connectivity index (χ4v) is 3.45. The largest absolute Gasteiger partial charge is 0.484 e. The highest BCUT2D eigenvalue weighted by Gasteiger charge is 2.16. The van der Waals surface area contributed by atoms with E-state index in [1.807, 2.05) is 42.5 Å². The average Bonchev–Trinajstić information content (AvgIpc) is 2.84. The number of nitrogens with zero attached hydrogens (tertiary/aromatic N) is 1. The van der Waals surface area contributed by atoms with Crippen molar-refractivity contribution in [3.63, 3.8) is 0 Å². The quantitative estimate of drug-likeness (QED) is 0.594. The highest BCUT2D eigenvalue weighted by molar-refractivity contribution is 6.09. The van der Waals surface area contributed by atoms with Gasteiger partial charge in [-0.3, -0.25) is 9.59 Å². The fourth-order valence-electron chi connectivity index (χ4n) is 3.45. The summed E-state index contributed by atoms with van der Waals surface area (Å²) in [6.45, 7) is 2.81. The number of rotatable bonds is 7. The summed E-state index contributed by atoms with van der Waals surface area (Å²) in [6, 6.07) is 23.6. The second-order valence-electron chi connectivity index (χ2n) is 7.17. The molecule has 0 bridgehead atoms. The van der Waals surface area contributed by atoms with Gasteiger partial charge in [0, 0.05) is 24.2 Å². The summed E-state index contributed by atoms with van der Waals surface area (Å²) in [4.78, 5) is 27.1. The molecule has 31 heavy (non-hydrogen) atoms. The summed E-state index contributed by atoms with van der Waals surface area (Å²) in [5.74, 6) is 0.232. The van der Waals surface area contributed by atoms with Crippen LogP contribution in [-0.4, -0.2) is 44.6 Å². The number of nitrogens with one attached hydrogen (secondary N) is 1. The molecular weight excluding hydrogens is 392 g/mol. The molecule has 6 nitrogen and oxygen atoms in total. The minimum absolute atomic E-state index is 0.0513. The summed E-state index contributed by atoms with van der Waals surface area (Å²) < 4.78 is 11.0. The number of carbonyl (C=O) groups is 2. The fraction of sp³-hybridized carbons (Fsp3) is 0.200. The first-order chi connectivity index (χ1) is 15.2. The normalized spacial score (nSPS) is 13.5. The van der Waals surface area contributed by atoms with E-state index in [0.29, 0.717) is 30.1 Å². The molecule has 1 saturated heterocycles. The number of para-hydroxylation sites is 2. The molecule has 0 radical (unpaired) electrons. The average molecular weight is 416 g/mol. The zero-order valence-electron chi connectivity index (χ0n) is 17.1. The lowest BCUT2D eigenvalue weighted by Gasteiger charge is -2.30. The number of amides is 1. The highest BCUT2D eigenvalue weighted by Crippen LogP contribution is 2.26. The number of hydrogen-bond donors (Lipinski definition) is 1. The SMILES string of the molecule is O=C(COc1ccc(C(=O)c2ccccc2)cc1)Nc1ccccc1N1CCOCC1. The van der Waals surface area contributed by atoms with E-state index >= 15 is 0 Å². The maximum atomic E-state index is 12.5. The Balaban J connectivity index is 1.34. The van der Waals surface area contributed by atoms with E-state index in [4.69, 9.17) is 9.47 Å². The monoisotopic (exact) mass is 416 g/mol. The predicted octanol–water partition coefficient (Wildman–Crippen LogP) is 3.77. The van der Waals surface area contributed by atoms with E-state index < -0.39 is 0 Å². The van der Waals surface area contributed by atoms with Gasteiger partial charge in [-0.25, -0.2) is 0 Å². The van der Waals surface area contributed by atoms with Crippen molar-refractivity contribution in [1.29, 1.82) is 0 Å².